The van der Waals surface area contributed by atoms with E-state index in [1.54, 1.807) is 11.3 Å². The average molecular weight is 311 g/mol. The molecule has 0 saturated heterocycles. The minimum absolute atomic E-state index is 0.155. The molecule has 0 aliphatic rings. The fraction of sp³-hybridized carbons (Fsp3) is 0.286. The summed E-state index contributed by atoms with van der Waals surface area (Å²) in [6.45, 7) is 2.11. The quantitative estimate of drug-likeness (QED) is 0.865. The maximum absolute atomic E-state index is 10.5. The van der Waals surface area contributed by atoms with Crippen molar-refractivity contribution in [3.05, 3.63) is 56.7 Å². The topological polar surface area (TPSA) is 20.2 Å². The third-order valence-electron chi connectivity index (χ3n) is 3.01. The van der Waals surface area contributed by atoms with Crippen molar-refractivity contribution in [2.75, 3.05) is 0 Å². The first-order chi connectivity index (χ1) is 8.24. The Labute approximate surface area is 114 Å². The Morgan fingerprint density at radius 3 is 2.47 bits per heavy atom. The minimum atomic E-state index is -0.442. The molecule has 2 aromatic rings. The van der Waals surface area contributed by atoms with Gasteiger partial charge in [0, 0.05) is 21.3 Å². The molecule has 0 radical (unpaired) electrons. The van der Waals surface area contributed by atoms with Crippen molar-refractivity contribution >= 4 is 27.3 Å². The number of benzene rings is 1. The van der Waals surface area contributed by atoms with E-state index in [1.807, 2.05) is 29.0 Å². The first-order valence-corrected chi connectivity index (χ1v) is 7.42. The predicted molar refractivity (Wildman–Crippen MR) is 76.5 cm³/mol. The van der Waals surface area contributed by atoms with Gasteiger partial charge in [-0.05, 0) is 33.3 Å². The van der Waals surface area contributed by atoms with Crippen LogP contribution < -0.4 is 0 Å². The Bertz CT molecular complexity index is 466. The fourth-order valence-electron chi connectivity index (χ4n) is 2.06. The molecule has 0 spiro atoms. The van der Waals surface area contributed by atoms with E-state index < -0.39 is 6.10 Å². The van der Waals surface area contributed by atoms with Crippen LogP contribution in [0.5, 0.6) is 0 Å². The Hall–Kier alpha value is -0.640. The van der Waals surface area contributed by atoms with Gasteiger partial charge >= 0.3 is 0 Å². The summed E-state index contributed by atoms with van der Waals surface area (Å²) >= 11 is 5.10. The van der Waals surface area contributed by atoms with Crippen LogP contribution in [0.25, 0.3) is 0 Å². The molecule has 1 aromatic carbocycles. The van der Waals surface area contributed by atoms with E-state index in [-0.39, 0.29) is 5.92 Å². The normalized spacial score (nSPS) is 14.5. The van der Waals surface area contributed by atoms with E-state index in [4.69, 9.17) is 0 Å². The predicted octanol–water partition coefficient (Wildman–Crippen LogP) is 4.74. The lowest BCUT2D eigenvalue weighted by atomic mass is 9.88. The van der Waals surface area contributed by atoms with E-state index in [1.165, 1.54) is 5.56 Å². The molecule has 0 amide bonds. The fourth-order valence-corrected chi connectivity index (χ4v) is 3.62. The largest absolute Gasteiger partial charge is 0.388 e. The zero-order chi connectivity index (χ0) is 12.3. The molecule has 90 valence electrons. The maximum atomic E-state index is 10.5. The van der Waals surface area contributed by atoms with Crippen molar-refractivity contribution in [2.24, 2.45) is 0 Å². The third kappa shape index (κ3) is 2.79. The number of hydrogen-bond acceptors (Lipinski definition) is 2. The standard InChI is InChI=1S/C14H15BrOS/c1-2-11(10-6-4-3-5-7-10)14(16)12-8-17-9-13(12)15/h3-9,11,14,16H,2H2,1H3. The highest BCUT2D eigenvalue weighted by molar-refractivity contribution is 9.10. The molecular weight excluding hydrogens is 296 g/mol. The molecule has 3 heteroatoms. The lowest BCUT2D eigenvalue weighted by Gasteiger charge is -2.22. The van der Waals surface area contributed by atoms with E-state index >= 15 is 0 Å². The molecule has 1 N–H and O–H groups in total. The van der Waals surface area contributed by atoms with Crippen LogP contribution in [0.1, 0.15) is 36.5 Å². The maximum Gasteiger partial charge on any atom is 0.0877 e. The van der Waals surface area contributed by atoms with Crippen molar-refractivity contribution in [3.63, 3.8) is 0 Å². The van der Waals surface area contributed by atoms with Gasteiger partial charge in [0.25, 0.3) is 0 Å². The third-order valence-corrected chi connectivity index (χ3v) is 4.76. The van der Waals surface area contributed by atoms with Crippen LogP contribution >= 0.6 is 27.3 Å². The number of aliphatic hydroxyl groups excluding tert-OH is 1. The number of rotatable bonds is 4. The van der Waals surface area contributed by atoms with Crippen LogP contribution in [-0.4, -0.2) is 5.11 Å². The summed E-state index contributed by atoms with van der Waals surface area (Å²) in [7, 11) is 0. The summed E-state index contributed by atoms with van der Waals surface area (Å²) in [6.07, 6.45) is 0.482. The smallest absolute Gasteiger partial charge is 0.0877 e. The summed E-state index contributed by atoms with van der Waals surface area (Å²) in [4.78, 5) is 0. The lowest BCUT2D eigenvalue weighted by molar-refractivity contribution is 0.142. The molecule has 2 unspecified atom stereocenters. The lowest BCUT2D eigenvalue weighted by Crippen LogP contribution is -2.09. The summed E-state index contributed by atoms with van der Waals surface area (Å²) in [5.41, 5.74) is 2.19. The number of hydrogen-bond donors (Lipinski definition) is 1. The van der Waals surface area contributed by atoms with Gasteiger partial charge in [-0.2, -0.15) is 11.3 Å². The molecule has 1 aromatic heterocycles. The van der Waals surface area contributed by atoms with Gasteiger partial charge in [0.15, 0.2) is 0 Å². The molecule has 0 aliphatic heterocycles. The number of thiophene rings is 1. The zero-order valence-corrected chi connectivity index (χ0v) is 12.0. The molecule has 0 bridgehead atoms. The van der Waals surface area contributed by atoms with E-state index in [0.717, 1.165) is 16.5 Å². The molecule has 1 nitrogen and oxygen atoms in total. The summed E-state index contributed by atoms with van der Waals surface area (Å²) in [6, 6.07) is 10.2. The zero-order valence-electron chi connectivity index (χ0n) is 9.64. The van der Waals surface area contributed by atoms with E-state index in [9.17, 15) is 5.11 Å². The van der Waals surface area contributed by atoms with Gasteiger partial charge in [-0.3, -0.25) is 0 Å². The Kier molecular flexibility index (Phi) is 4.37. The van der Waals surface area contributed by atoms with Crippen LogP contribution in [0.15, 0.2) is 45.6 Å². The monoisotopic (exact) mass is 310 g/mol. The molecule has 0 fully saturated rings. The second kappa shape index (κ2) is 5.80. The number of halogens is 1. The van der Waals surface area contributed by atoms with Crippen LogP contribution in [0.4, 0.5) is 0 Å². The Morgan fingerprint density at radius 1 is 1.24 bits per heavy atom. The van der Waals surface area contributed by atoms with Crippen molar-refractivity contribution in [2.45, 2.75) is 25.4 Å². The van der Waals surface area contributed by atoms with Crippen LogP contribution in [0.3, 0.4) is 0 Å². The minimum Gasteiger partial charge on any atom is -0.388 e. The molecule has 17 heavy (non-hydrogen) atoms. The van der Waals surface area contributed by atoms with E-state index in [2.05, 4.69) is 35.0 Å². The van der Waals surface area contributed by atoms with E-state index in [0.29, 0.717) is 0 Å². The van der Waals surface area contributed by atoms with Gasteiger partial charge < -0.3 is 5.11 Å². The summed E-state index contributed by atoms with van der Waals surface area (Å²) in [5.74, 6) is 0.155. The second-order valence-electron chi connectivity index (χ2n) is 4.05. The number of aliphatic hydroxyl groups is 1. The molecular formula is C14H15BrOS. The first kappa shape index (κ1) is 12.8. The van der Waals surface area contributed by atoms with Gasteiger partial charge in [0.05, 0.1) is 6.10 Å². The molecule has 2 rings (SSSR count). The first-order valence-electron chi connectivity index (χ1n) is 5.68. The van der Waals surface area contributed by atoms with Gasteiger partial charge in [0.1, 0.15) is 0 Å². The van der Waals surface area contributed by atoms with Gasteiger partial charge in [-0.1, -0.05) is 37.3 Å². The Balaban J connectivity index is 2.28. The molecule has 2 atom stereocenters. The van der Waals surface area contributed by atoms with Crippen molar-refractivity contribution in [1.29, 1.82) is 0 Å². The average Bonchev–Trinajstić information content (AvgIpc) is 2.77. The van der Waals surface area contributed by atoms with Crippen LogP contribution in [0.2, 0.25) is 0 Å². The second-order valence-corrected chi connectivity index (χ2v) is 5.64. The van der Waals surface area contributed by atoms with Gasteiger partial charge in [-0.25, -0.2) is 0 Å². The van der Waals surface area contributed by atoms with Gasteiger partial charge in [0.2, 0.25) is 0 Å². The molecule has 0 saturated carbocycles. The van der Waals surface area contributed by atoms with Crippen LogP contribution in [0, 0.1) is 0 Å². The summed E-state index contributed by atoms with van der Waals surface area (Å²) in [5, 5.41) is 14.5. The van der Waals surface area contributed by atoms with Crippen molar-refractivity contribution < 1.29 is 5.11 Å². The SMILES string of the molecule is CCC(c1ccccc1)C(O)c1cscc1Br. The molecule has 1 heterocycles. The highest BCUT2D eigenvalue weighted by atomic mass is 79.9. The van der Waals surface area contributed by atoms with Crippen molar-refractivity contribution in [3.8, 4) is 0 Å². The summed E-state index contributed by atoms with van der Waals surface area (Å²) < 4.78 is 1.00. The highest BCUT2D eigenvalue weighted by Gasteiger charge is 2.23. The van der Waals surface area contributed by atoms with Gasteiger partial charge in [-0.15, -0.1) is 0 Å². The Morgan fingerprint density at radius 2 is 1.94 bits per heavy atom. The molecule has 0 aliphatic carbocycles. The van der Waals surface area contributed by atoms with Crippen LogP contribution in [-0.2, 0) is 0 Å². The van der Waals surface area contributed by atoms with Crippen molar-refractivity contribution in [1.82, 2.24) is 0 Å². The highest BCUT2D eigenvalue weighted by Crippen LogP contribution is 2.38.